The van der Waals surface area contributed by atoms with Gasteiger partial charge in [-0.1, -0.05) is 48.0 Å². The smallest absolute Gasteiger partial charge is 0.256 e. The Kier molecular flexibility index (Phi) is 8.43. The Hall–Kier alpha value is -4.30. The molecule has 3 aromatic carbocycles. The Morgan fingerprint density at radius 2 is 1.43 bits per heavy atom. The summed E-state index contributed by atoms with van der Waals surface area (Å²) in [5.41, 5.74) is 3.03. The minimum absolute atomic E-state index is 0.158. The zero-order valence-corrected chi connectivity index (χ0v) is 20.6. The molecule has 190 valence electrons. The molecule has 0 aromatic heterocycles. The molecule has 37 heavy (non-hydrogen) atoms. The molecule has 1 atom stereocenters. The minimum Gasteiger partial charge on any atom is -0.368 e. The third kappa shape index (κ3) is 6.68. The lowest BCUT2D eigenvalue weighted by atomic mass is 9.97. The van der Waals surface area contributed by atoms with Crippen molar-refractivity contribution in [2.45, 2.75) is 25.9 Å². The van der Waals surface area contributed by atoms with Crippen molar-refractivity contribution in [3.8, 4) is 0 Å². The second-order valence-electron chi connectivity index (χ2n) is 8.82. The van der Waals surface area contributed by atoms with E-state index in [1.54, 1.807) is 60.7 Å². The Balaban J connectivity index is 1.32. The molecular weight excluding hydrogens is 470 g/mol. The Bertz CT molecular complexity index is 1280. The van der Waals surface area contributed by atoms with E-state index in [2.05, 4.69) is 16.0 Å². The summed E-state index contributed by atoms with van der Waals surface area (Å²) in [7, 11) is 0. The van der Waals surface area contributed by atoms with Crippen molar-refractivity contribution in [3.63, 3.8) is 0 Å². The number of carbonyl (C=O) groups excluding carboxylic acids is 4. The van der Waals surface area contributed by atoms with Crippen LogP contribution in [0.5, 0.6) is 0 Å². The largest absolute Gasteiger partial charge is 0.368 e. The summed E-state index contributed by atoms with van der Waals surface area (Å²) in [6.45, 7) is 3.13. The molecule has 1 aliphatic heterocycles. The van der Waals surface area contributed by atoms with Crippen LogP contribution in [0.25, 0.3) is 0 Å². The Morgan fingerprint density at radius 1 is 0.784 bits per heavy atom. The van der Waals surface area contributed by atoms with Crippen LogP contribution in [0.1, 0.15) is 55.0 Å². The molecule has 1 unspecified atom stereocenters. The molecule has 1 fully saturated rings. The second-order valence-corrected chi connectivity index (χ2v) is 8.82. The van der Waals surface area contributed by atoms with Crippen molar-refractivity contribution >= 4 is 29.2 Å². The average molecular weight is 500 g/mol. The fraction of sp³-hybridized carbons (Fsp3) is 0.241. The van der Waals surface area contributed by atoms with Crippen LogP contribution in [0.3, 0.4) is 0 Å². The normalized spacial score (nSPS) is 14.6. The van der Waals surface area contributed by atoms with E-state index < -0.39 is 12.0 Å². The highest BCUT2D eigenvalue weighted by atomic mass is 16.5. The van der Waals surface area contributed by atoms with E-state index in [1.165, 1.54) is 0 Å². The second kappa shape index (κ2) is 12.1. The maximum absolute atomic E-state index is 13.0. The first-order chi connectivity index (χ1) is 17.9. The molecule has 3 N–H and O–H groups in total. The maximum atomic E-state index is 13.0. The molecular formula is C29H29N3O5. The van der Waals surface area contributed by atoms with E-state index in [0.29, 0.717) is 35.5 Å². The van der Waals surface area contributed by atoms with E-state index in [-0.39, 0.29) is 29.7 Å². The number of hydrogen-bond donors (Lipinski definition) is 3. The lowest BCUT2D eigenvalue weighted by Gasteiger charge is -2.12. The van der Waals surface area contributed by atoms with Crippen LogP contribution in [0.4, 0.5) is 5.69 Å². The van der Waals surface area contributed by atoms with Crippen LogP contribution in [0.2, 0.25) is 0 Å². The van der Waals surface area contributed by atoms with Gasteiger partial charge in [0.1, 0.15) is 6.10 Å². The standard InChI is InChI=1S/C29H29N3O5/c1-19-8-10-20(11-9-19)26(33)23-5-2-3-6-24(23)28(35)32-22-14-12-21(13-15-22)27(34)30-16-17-31-29(36)25-7-4-18-37-25/h2-3,5-6,8-15,25H,4,7,16-18H2,1H3,(H,30,34)(H,31,36)(H,32,35). The zero-order valence-electron chi connectivity index (χ0n) is 20.6. The van der Waals surface area contributed by atoms with Gasteiger partial charge in [0.2, 0.25) is 5.91 Å². The number of amides is 3. The number of hydrogen-bond acceptors (Lipinski definition) is 5. The van der Waals surface area contributed by atoms with E-state index in [0.717, 1.165) is 18.4 Å². The van der Waals surface area contributed by atoms with Gasteiger partial charge < -0.3 is 20.7 Å². The minimum atomic E-state index is -0.421. The topological polar surface area (TPSA) is 114 Å². The SMILES string of the molecule is Cc1ccc(C(=O)c2ccccc2C(=O)Nc2ccc(C(=O)NCCNC(=O)C3CCCO3)cc2)cc1. The summed E-state index contributed by atoms with van der Waals surface area (Å²) in [5.74, 6) is -1.10. The van der Waals surface area contributed by atoms with Crippen LogP contribution in [0, 0.1) is 6.92 Å². The predicted molar refractivity (Wildman–Crippen MR) is 140 cm³/mol. The fourth-order valence-corrected chi connectivity index (χ4v) is 4.00. The van der Waals surface area contributed by atoms with Crippen LogP contribution in [-0.2, 0) is 9.53 Å². The van der Waals surface area contributed by atoms with Gasteiger partial charge in [0, 0.05) is 42.1 Å². The van der Waals surface area contributed by atoms with Gasteiger partial charge in [0.15, 0.2) is 5.78 Å². The van der Waals surface area contributed by atoms with E-state index in [4.69, 9.17) is 4.74 Å². The fourth-order valence-electron chi connectivity index (χ4n) is 4.00. The van der Waals surface area contributed by atoms with Crippen LogP contribution in [-0.4, -0.2) is 49.3 Å². The van der Waals surface area contributed by atoms with Crippen molar-refractivity contribution in [3.05, 3.63) is 101 Å². The first-order valence-corrected chi connectivity index (χ1v) is 12.2. The third-order valence-corrected chi connectivity index (χ3v) is 6.07. The predicted octanol–water partition coefficient (Wildman–Crippen LogP) is 3.50. The van der Waals surface area contributed by atoms with E-state index in [1.807, 2.05) is 19.1 Å². The number of ketones is 1. The zero-order chi connectivity index (χ0) is 26.2. The Labute approximate surface area is 215 Å². The molecule has 3 aromatic rings. The van der Waals surface area contributed by atoms with Gasteiger partial charge in [0.05, 0.1) is 5.56 Å². The van der Waals surface area contributed by atoms with Crippen molar-refractivity contribution in [2.75, 3.05) is 25.0 Å². The number of rotatable bonds is 9. The highest BCUT2D eigenvalue weighted by Crippen LogP contribution is 2.18. The van der Waals surface area contributed by atoms with Crippen LogP contribution < -0.4 is 16.0 Å². The van der Waals surface area contributed by atoms with Crippen LogP contribution in [0.15, 0.2) is 72.8 Å². The molecule has 0 bridgehead atoms. The first kappa shape index (κ1) is 25.8. The monoisotopic (exact) mass is 499 g/mol. The number of ether oxygens (including phenoxy) is 1. The molecule has 3 amide bonds. The molecule has 1 saturated heterocycles. The first-order valence-electron chi connectivity index (χ1n) is 12.2. The molecule has 0 spiro atoms. The van der Waals surface area contributed by atoms with E-state index >= 15 is 0 Å². The summed E-state index contributed by atoms with van der Waals surface area (Å²) in [6.07, 6.45) is 1.20. The van der Waals surface area contributed by atoms with Crippen molar-refractivity contribution in [1.82, 2.24) is 10.6 Å². The number of nitrogens with one attached hydrogen (secondary N) is 3. The molecule has 0 aliphatic carbocycles. The van der Waals surface area contributed by atoms with Gasteiger partial charge in [-0.2, -0.15) is 0 Å². The highest BCUT2D eigenvalue weighted by molar-refractivity contribution is 6.17. The average Bonchev–Trinajstić information content (AvgIpc) is 3.47. The van der Waals surface area contributed by atoms with Gasteiger partial charge in [-0.25, -0.2) is 0 Å². The summed E-state index contributed by atoms with van der Waals surface area (Å²) < 4.78 is 5.33. The lowest BCUT2D eigenvalue weighted by Crippen LogP contribution is -2.39. The molecule has 4 rings (SSSR count). The highest BCUT2D eigenvalue weighted by Gasteiger charge is 2.23. The summed E-state index contributed by atoms with van der Waals surface area (Å²) in [4.78, 5) is 50.3. The van der Waals surface area contributed by atoms with Gasteiger partial charge in [0.25, 0.3) is 11.8 Å². The van der Waals surface area contributed by atoms with Gasteiger partial charge in [-0.05, 0) is 50.1 Å². The maximum Gasteiger partial charge on any atom is 0.256 e. The molecule has 0 saturated carbocycles. The number of aryl methyl sites for hydroxylation is 1. The third-order valence-electron chi connectivity index (χ3n) is 6.07. The summed E-state index contributed by atoms with van der Waals surface area (Å²) in [5, 5.41) is 8.29. The van der Waals surface area contributed by atoms with Gasteiger partial charge in [-0.3, -0.25) is 19.2 Å². The van der Waals surface area contributed by atoms with Gasteiger partial charge >= 0.3 is 0 Å². The molecule has 0 radical (unpaired) electrons. The number of carbonyl (C=O) groups is 4. The molecule has 1 aliphatic rings. The summed E-state index contributed by atoms with van der Waals surface area (Å²) in [6, 6.07) is 20.3. The van der Waals surface area contributed by atoms with Crippen molar-refractivity contribution in [2.24, 2.45) is 0 Å². The quantitative estimate of drug-likeness (QED) is 0.308. The van der Waals surface area contributed by atoms with Crippen molar-refractivity contribution in [1.29, 1.82) is 0 Å². The molecule has 8 heteroatoms. The van der Waals surface area contributed by atoms with Crippen molar-refractivity contribution < 1.29 is 23.9 Å². The number of benzene rings is 3. The van der Waals surface area contributed by atoms with Crippen LogP contribution >= 0.6 is 0 Å². The molecule has 8 nitrogen and oxygen atoms in total. The van der Waals surface area contributed by atoms with Gasteiger partial charge in [-0.15, -0.1) is 0 Å². The van der Waals surface area contributed by atoms with E-state index in [9.17, 15) is 19.2 Å². The summed E-state index contributed by atoms with van der Waals surface area (Å²) >= 11 is 0. The molecule has 1 heterocycles. The Morgan fingerprint density at radius 3 is 2.11 bits per heavy atom. The lowest BCUT2D eigenvalue weighted by molar-refractivity contribution is -0.129. The number of anilines is 1.